The van der Waals surface area contributed by atoms with Crippen molar-refractivity contribution in [3.63, 3.8) is 0 Å². The second-order valence-corrected chi connectivity index (χ2v) is 11.1. The van der Waals surface area contributed by atoms with Gasteiger partial charge < -0.3 is 9.41 Å². The van der Waals surface area contributed by atoms with Gasteiger partial charge in [-0.25, -0.2) is 4.98 Å². The van der Waals surface area contributed by atoms with Crippen molar-refractivity contribution in [3.8, 4) is 0 Å². The molecule has 0 unspecified atom stereocenters. The fourth-order valence-corrected chi connectivity index (χ4v) is 2.57. The van der Waals surface area contributed by atoms with Gasteiger partial charge in [-0.15, -0.1) is 0 Å². The molecule has 3 nitrogen and oxygen atoms in total. The van der Waals surface area contributed by atoms with E-state index in [4.69, 9.17) is 4.43 Å². The standard InChI is InChI=1S/C14H22N2OSi/c1-14(2,3)18(4,5)17-9-11-7-6-8-12-13(11)16-10-15-12/h6-8,10H,9H2,1-5H3,(H,15,16). The molecular formula is C14H22N2OSi. The minimum absolute atomic E-state index is 0.243. The van der Waals surface area contributed by atoms with Crippen LogP contribution in [0.25, 0.3) is 11.0 Å². The topological polar surface area (TPSA) is 37.9 Å². The van der Waals surface area contributed by atoms with Gasteiger partial charge >= 0.3 is 0 Å². The molecule has 0 aliphatic heterocycles. The molecule has 0 saturated carbocycles. The average molecular weight is 262 g/mol. The maximum atomic E-state index is 6.24. The highest BCUT2D eigenvalue weighted by Gasteiger charge is 2.37. The molecule has 0 saturated heterocycles. The Bertz CT molecular complexity index is 540. The summed E-state index contributed by atoms with van der Waals surface area (Å²) in [6.07, 6.45) is 1.74. The van der Waals surface area contributed by atoms with Crippen molar-refractivity contribution in [2.45, 2.75) is 45.5 Å². The number of benzene rings is 1. The Kier molecular flexibility index (Phi) is 3.34. The lowest BCUT2D eigenvalue weighted by molar-refractivity contribution is 0.277. The third kappa shape index (κ3) is 2.49. The number of H-pyrrole nitrogens is 1. The first kappa shape index (κ1) is 13.3. The van der Waals surface area contributed by atoms with Gasteiger partial charge in [0.05, 0.1) is 24.0 Å². The third-order valence-corrected chi connectivity index (χ3v) is 8.41. The summed E-state index contributed by atoms with van der Waals surface area (Å²) >= 11 is 0. The molecule has 1 heterocycles. The summed E-state index contributed by atoms with van der Waals surface area (Å²) in [4.78, 5) is 7.49. The molecule has 18 heavy (non-hydrogen) atoms. The number of nitrogens with zero attached hydrogens (tertiary/aromatic N) is 1. The molecule has 4 heteroatoms. The van der Waals surface area contributed by atoms with Gasteiger partial charge in [-0.05, 0) is 24.2 Å². The van der Waals surface area contributed by atoms with E-state index < -0.39 is 8.32 Å². The molecule has 0 bridgehead atoms. The molecule has 0 aliphatic rings. The van der Waals surface area contributed by atoms with Crippen LogP contribution in [0.15, 0.2) is 24.5 Å². The Balaban J connectivity index is 2.18. The Labute approximate surface area is 110 Å². The summed E-state index contributed by atoms with van der Waals surface area (Å²) in [6.45, 7) is 12.0. The summed E-state index contributed by atoms with van der Waals surface area (Å²) in [5.74, 6) is 0. The van der Waals surface area contributed by atoms with Crippen LogP contribution in [-0.4, -0.2) is 18.3 Å². The van der Waals surface area contributed by atoms with Gasteiger partial charge in [-0.1, -0.05) is 32.9 Å². The van der Waals surface area contributed by atoms with Crippen LogP contribution in [0.4, 0.5) is 0 Å². The van der Waals surface area contributed by atoms with E-state index in [0.717, 1.165) is 11.0 Å². The van der Waals surface area contributed by atoms with Gasteiger partial charge in [0.2, 0.25) is 0 Å². The largest absolute Gasteiger partial charge is 0.412 e. The van der Waals surface area contributed by atoms with Crippen molar-refractivity contribution in [2.24, 2.45) is 0 Å². The van der Waals surface area contributed by atoms with Crippen molar-refractivity contribution < 1.29 is 4.43 Å². The van der Waals surface area contributed by atoms with E-state index in [1.165, 1.54) is 5.56 Å². The van der Waals surface area contributed by atoms with Gasteiger partial charge in [-0.3, -0.25) is 0 Å². The zero-order chi connectivity index (χ0) is 13.4. The minimum Gasteiger partial charge on any atom is -0.412 e. The lowest BCUT2D eigenvalue weighted by Gasteiger charge is -2.36. The van der Waals surface area contributed by atoms with E-state index in [1.807, 2.05) is 12.1 Å². The quantitative estimate of drug-likeness (QED) is 0.846. The van der Waals surface area contributed by atoms with E-state index in [-0.39, 0.29) is 5.04 Å². The fourth-order valence-electron chi connectivity index (χ4n) is 1.62. The lowest BCUT2D eigenvalue weighted by atomic mass is 10.2. The van der Waals surface area contributed by atoms with Gasteiger partial charge in [0.15, 0.2) is 8.32 Å². The minimum atomic E-state index is -1.69. The molecule has 2 aromatic rings. The van der Waals surface area contributed by atoms with Gasteiger partial charge in [0.25, 0.3) is 0 Å². The highest BCUT2D eigenvalue weighted by molar-refractivity contribution is 6.74. The summed E-state index contributed by atoms with van der Waals surface area (Å²) in [5.41, 5.74) is 3.26. The van der Waals surface area contributed by atoms with Crippen LogP contribution in [-0.2, 0) is 11.0 Å². The molecule has 0 amide bonds. The number of hydrogen-bond donors (Lipinski definition) is 1. The SMILES string of the molecule is CC(C)(C)[Si](C)(C)OCc1cccc2[nH]cnc12. The van der Waals surface area contributed by atoms with Gasteiger partial charge in [0.1, 0.15) is 0 Å². The maximum Gasteiger partial charge on any atom is 0.192 e. The summed E-state index contributed by atoms with van der Waals surface area (Å²) < 4.78 is 6.24. The molecular weight excluding hydrogens is 240 g/mol. The van der Waals surface area contributed by atoms with E-state index in [1.54, 1.807) is 6.33 Å². The summed E-state index contributed by atoms with van der Waals surface area (Å²) in [5, 5.41) is 0.243. The van der Waals surface area contributed by atoms with Gasteiger partial charge in [0, 0.05) is 5.56 Å². The molecule has 98 valence electrons. The van der Waals surface area contributed by atoms with Crippen molar-refractivity contribution in [2.75, 3.05) is 0 Å². The second kappa shape index (κ2) is 4.52. The number of rotatable bonds is 3. The highest BCUT2D eigenvalue weighted by atomic mass is 28.4. The van der Waals surface area contributed by atoms with Crippen molar-refractivity contribution in [1.29, 1.82) is 0 Å². The predicted octanol–water partition coefficient (Wildman–Crippen LogP) is 4.08. The number of aromatic amines is 1. The molecule has 0 atom stereocenters. The number of imidazole rings is 1. The zero-order valence-corrected chi connectivity index (χ0v) is 12.9. The fraction of sp³-hybridized carbons (Fsp3) is 0.500. The second-order valence-electron chi connectivity index (χ2n) is 6.26. The Morgan fingerprint density at radius 2 is 2.00 bits per heavy atom. The Hall–Kier alpha value is -1.13. The van der Waals surface area contributed by atoms with E-state index in [0.29, 0.717) is 6.61 Å². The van der Waals surface area contributed by atoms with Crippen LogP contribution in [0.1, 0.15) is 26.3 Å². The number of fused-ring (bicyclic) bond motifs is 1. The molecule has 0 spiro atoms. The highest BCUT2D eigenvalue weighted by Crippen LogP contribution is 2.37. The Morgan fingerprint density at radius 3 is 2.67 bits per heavy atom. The maximum absolute atomic E-state index is 6.24. The van der Waals surface area contributed by atoms with E-state index in [9.17, 15) is 0 Å². The first-order chi connectivity index (χ1) is 8.31. The van der Waals surface area contributed by atoms with Crippen molar-refractivity contribution in [3.05, 3.63) is 30.1 Å². The molecule has 2 rings (SSSR count). The molecule has 0 fully saturated rings. The number of nitrogens with one attached hydrogen (secondary N) is 1. The first-order valence-electron chi connectivity index (χ1n) is 6.36. The van der Waals surface area contributed by atoms with E-state index in [2.05, 4.69) is 49.9 Å². The predicted molar refractivity (Wildman–Crippen MR) is 78.1 cm³/mol. The molecule has 1 aromatic heterocycles. The molecule has 1 aromatic carbocycles. The Morgan fingerprint density at radius 1 is 1.28 bits per heavy atom. The smallest absolute Gasteiger partial charge is 0.192 e. The van der Waals surface area contributed by atoms with Crippen LogP contribution in [0.3, 0.4) is 0 Å². The molecule has 0 radical (unpaired) electrons. The monoisotopic (exact) mass is 262 g/mol. The third-order valence-electron chi connectivity index (χ3n) is 3.93. The molecule has 1 N–H and O–H groups in total. The first-order valence-corrected chi connectivity index (χ1v) is 9.27. The lowest BCUT2D eigenvalue weighted by Crippen LogP contribution is -2.40. The number of hydrogen-bond acceptors (Lipinski definition) is 2. The van der Waals surface area contributed by atoms with Crippen LogP contribution in [0, 0.1) is 0 Å². The summed E-state index contributed by atoms with van der Waals surface area (Å²) in [6, 6.07) is 6.18. The van der Waals surface area contributed by atoms with Crippen LogP contribution >= 0.6 is 0 Å². The average Bonchev–Trinajstić information content (AvgIpc) is 2.73. The van der Waals surface area contributed by atoms with Gasteiger partial charge in [-0.2, -0.15) is 0 Å². The van der Waals surface area contributed by atoms with Crippen LogP contribution in [0.5, 0.6) is 0 Å². The number of aromatic nitrogens is 2. The zero-order valence-electron chi connectivity index (χ0n) is 11.9. The molecule has 0 aliphatic carbocycles. The van der Waals surface area contributed by atoms with Crippen molar-refractivity contribution in [1.82, 2.24) is 9.97 Å². The van der Waals surface area contributed by atoms with Crippen LogP contribution < -0.4 is 0 Å². The number of para-hydroxylation sites is 1. The van der Waals surface area contributed by atoms with E-state index >= 15 is 0 Å². The summed E-state index contributed by atoms with van der Waals surface area (Å²) in [7, 11) is -1.69. The van der Waals surface area contributed by atoms with Crippen molar-refractivity contribution >= 4 is 19.4 Å². The normalized spacial score (nSPS) is 13.2. The van der Waals surface area contributed by atoms with Crippen LogP contribution in [0.2, 0.25) is 18.1 Å².